The summed E-state index contributed by atoms with van der Waals surface area (Å²) in [6, 6.07) is 17.1. The molecule has 3 nitrogen and oxygen atoms in total. The van der Waals surface area contributed by atoms with E-state index in [0.29, 0.717) is 5.56 Å². The number of nitrogens with zero attached hydrogens (tertiary/aromatic N) is 2. The summed E-state index contributed by atoms with van der Waals surface area (Å²) in [5.74, 6) is -0.209. The Bertz CT molecular complexity index is 804. The average Bonchev–Trinajstić information content (AvgIpc) is 3.25. The fourth-order valence-electron chi connectivity index (χ4n) is 3.27. The predicted molar refractivity (Wildman–Crippen MR) is 88.9 cm³/mol. The number of hydrogen-bond acceptors (Lipinski definition) is 2. The van der Waals surface area contributed by atoms with Gasteiger partial charge in [0.1, 0.15) is 5.82 Å². The summed E-state index contributed by atoms with van der Waals surface area (Å²) in [5, 5.41) is 8.07. The number of halogens is 1. The van der Waals surface area contributed by atoms with Crippen LogP contribution in [0.25, 0.3) is 16.8 Å². The SMILES string of the molecule is Fc1ccccc1-c1cnn(-c2ccccc2)c1C1CCCN1. The van der Waals surface area contributed by atoms with Crippen LogP contribution < -0.4 is 5.32 Å². The number of rotatable bonds is 3. The molecule has 2 heterocycles. The Morgan fingerprint density at radius 3 is 2.52 bits per heavy atom. The van der Waals surface area contributed by atoms with Gasteiger partial charge in [-0.2, -0.15) is 5.10 Å². The molecule has 3 aromatic rings. The second-order valence-electron chi connectivity index (χ2n) is 5.82. The van der Waals surface area contributed by atoms with E-state index in [1.54, 1.807) is 12.3 Å². The van der Waals surface area contributed by atoms with Crippen LogP contribution in [-0.4, -0.2) is 16.3 Å². The number of aromatic nitrogens is 2. The molecule has 0 aliphatic carbocycles. The van der Waals surface area contributed by atoms with Gasteiger partial charge >= 0.3 is 0 Å². The zero-order valence-corrected chi connectivity index (χ0v) is 12.7. The lowest BCUT2D eigenvalue weighted by atomic mass is 10.0. The fourth-order valence-corrected chi connectivity index (χ4v) is 3.27. The van der Waals surface area contributed by atoms with E-state index in [1.807, 2.05) is 47.1 Å². The third-order valence-corrected chi connectivity index (χ3v) is 4.36. The molecule has 1 atom stereocenters. The van der Waals surface area contributed by atoms with Gasteiger partial charge in [0.25, 0.3) is 0 Å². The van der Waals surface area contributed by atoms with Crippen molar-refractivity contribution in [1.29, 1.82) is 0 Å². The highest BCUT2D eigenvalue weighted by Crippen LogP contribution is 2.35. The van der Waals surface area contributed by atoms with E-state index < -0.39 is 0 Å². The van der Waals surface area contributed by atoms with E-state index in [0.717, 1.165) is 36.3 Å². The third-order valence-electron chi connectivity index (χ3n) is 4.36. The minimum absolute atomic E-state index is 0.201. The molecule has 1 fully saturated rings. The Kier molecular flexibility index (Phi) is 3.67. The molecule has 0 bridgehead atoms. The largest absolute Gasteiger partial charge is 0.309 e. The minimum atomic E-state index is -0.209. The van der Waals surface area contributed by atoms with E-state index in [1.165, 1.54) is 6.07 Å². The molecular formula is C19H18FN3. The van der Waals surface area contributed by atoms with Gasteiger partial charge < -0.3 is 5.32 Å². The lowest BCUT2D eigenvalue weighted by molar-refractivity contribution is 0.599. The molecule has 2 aromatic carbocycles. The standard InChI is InChI=1S/C19H18FN3/c20-17-10-5-4-9-15(17)16-13-22-23(14-7-2-1-3-8-14)19(16)18-11-6-12-21-18/h1-5,7-10,13,18,21H,6,11-12H2. The van der Waals surface area contributed by atoms with Crippen molar-refractivity contribution >= 4 is 0 Å². The van der Waals surface area contributed by atoms with Crippen LogP contribution in [0.3, 0.4) is 0 Å². The van der Waals surface area contributed by atoms with Gasteiger partial charge in [-0.15, -0.1) is 0 Å². The van der Waals surface area contributed by atoms with Crippen LogP contribution in [0.1, 0.15) is 24.6 Å². The number of benzene rings is 2. The van der Waals surface area contributed by atoms with Crippen molar-refractivity contribution in [3.63, 3.8) is 0 Å². The lowest BCUT2D eigenvalue weighted by Crippen LogP contribution is -2.18. The summed E-state index contributed by atoms with van der Waals surface area (Å²) >= 11 is 0. The first kappa shape index (κ1) is 14.2. The molecule has 1 aromatic heterocycles. The fraction of sp³-hybridized carbons (Fsp3) is 0.211. The molecule has 1 aliphatic rings. The molecule has 1 saturated heterocycles. The van der Waals surface area contributed by atoms with Crippen molar-refractivity contribution in [2.24, 2.45) is 0 Å². The van der Waals surface area contributed by atoms with Crippen molar-refractivity contribution in [3.05, 3.63) is 72.3 Å². The van der Waals surface area contributed by atoms with Crippen LogP contribution in [0.5, 0.6) is 0 Å². The molecule has 1 aliphatic heterocycles. The van der Waals surface area contributed by atoms with Crippen LogP contribution in [0.15, 0.2) is 60.8 Å². The van der Waals surface area contributed by atoms with E-state index in [9.17, 15) is 4.39 Å². The molecule has 0 spiro atoms. The van der Waals surface area contributed by atoms with E-state index in [2.05, 4.69) is 10.4 Å². The van der Waals surface area contributed by atoms with Crippen LogP contribution in [-0.2, 0) is 0 Å². The van der Waals surface area contributed by atoms with Crippen LogP contribution in [0.4, 0.5) is 4.39 Å². The first-order chi connectivity index (χ1) is 11.3. The quantitative estimate of drug-likeness (QED) is 0.789. The molecule has 4 rings (SSSR count). The van der Waals surface area contributed by atoms with Crippen molar-refractivity contribution < 1.29 is 4.39 Å². The maximum Gasteiger partial charge on any atom is 0.131 e. The molecule has 0 radical (unpaired) electrons. The van der Waals surface area contributed by atoms with Gasteiger partial charge in [-0.05, 0) is 37.6 Å². The van der Waals surface area contributed by atoms with Crippen LogP contribution in [0, 0.1) is 5.82 Å². The van der Waals surface area contributed by atoms with Gasteiger partial charge in [0.15, 0.2) is 0 Å². The Labute approximate surface area is 134 Å². The molecule has 23 heavy (non-hydrogen) atoms. The third kappa shape index (κ3) is 2.55. The van der Waals surface area contributed by atoms with E-state index >= 15 is 0 Å². The average molecular weight is 307 g/mol. The summed E-state index contributed by atoms with van der Waals surface area (Å²) in [5.41, 5.74) is 3.52. The molecule has 1 N–H and O–H groups in total. The van der Waals surface area contributed by atoms with E-state index in [-0.39, 0.29) is 11.9 Å². The first-order valence-corrected chi connectivity index (χ1v) is 7.96. The van der Waals surface area contributed by atoms with Gasteiger partial charge in [-0.1, -0.05) is 36.4 Å². The smallest absolute Gasteiger partial charge is 0.131 e. The minimum Gasteiger partial charge on any atom is -0.309 e. The van der Waals surface area contributed by atoms with Crippen LogP contribution >= 0.6 is 0 Å². The summed E-state index contributed by atoms with van der Waals surface area (Å²) < 4.78 is 16.2. The monoisotopic (exact) mass is 307 g/mol. The molecule has 0 amide bonds. The highest BCUT2D eigenvalue weighted by molar-refractivity contribution is 5.67. The molecular weight excluding hydrogens is 289 g/mol. The molecule has 4 heteroatoms. The second kappa shape index (κ2) is 5.97. The Morgan fingerprint density at radius 2 is 1.78 bits per heavy atom. The van der Waals surface area contributed by atoms with Crippen molar-refractivity contribution in [3.8, 4) is 16.8 Å². The summed E-state index contributed by atoms with van der Waals surface area (Å²) in [6.45, 7) is 0.987. The van der Waals surface area contributed by atoms with Crippen molar-refractivity contribution in [2.75, 3.05) is 6.54 Å². The Balaban J connectivity index is 1.90. The zero-order chi connectivity index (χ0) is 15.6. The summed E-state index contributed by atoms with van der Waals surface area (Å²) in [6.07, 6.45) is 3.95. The molecule has 1 unspecified atom stereocenters. The second-order valence-corrected chi connectivity index (χ2v) is 5.82. The van der Waals surface area contributed by atoms with Crippen molar-refractivity contribution in [2.45, 2.75) is 18.9 Å². The molecule has 0 saturated carbocycles. The van der Waals surface area contributed by atoms with Crippen LogP contribution in [0.2, 0.25) is 0 Å². The van der Waals surface area contributed by atoms with Gasteiger partial charge in [-0.3, -0.25) is 0 Å². The normalized spacial score (nSPS) is 17.5. The number of para-hydroxylation sites is 1. The van der Waals surface area contributed by atoms with Crippen molar-refractivity contribution in [1.82, 2.24) is 15.1 Å². The Morgan fingerprint density at radius 1 is 1.00 bits per heavy atom. The van der Waals surface area contributed by atoms with Gasteiger partial charge in [0.05, 0.1) is 23.6 Å². The topological polar surface area (TPSA) is 29.9 Å². The van der Waals surface area contributed by atoms with E-state index in [4.69, 9.17) is 0 Å². The maximum absolute atomic E-state index is 14.3. The maximum atomic E-state index is 14.3. The number of nitrogens with one attached hydrogen (secondary N) is 1. The number of hydrogen-bond donors (Lipinski definition) is 1. The first-order valence-electron chi connectivity index (χ1n) is 7.96. The highest BCUT2D eigenvalue weighted by Gasteiger charge is 2.26. The van der Waals surface area contributed by atoms with Gasteiger partial charge in [0, 0.05) is 11.1 Å². The molecule has 116 valence electrons. The summed E-state index contributed by atoms with van der Waals surface area (Å²) in [7, 11) is 0. The highest BCUT2D eigenvalue weighted by atomic mass is 19.1. The lowest BCUT2D eigenvalue weighted by Gasteiger charge is -2.16. The van der Waals surface area contributed by atoms with Gasteiger partial charge in [-0.25, -0.2) is 9.07 Å². The van der Waals surface area contributed by atoms with Gasteiger partial charge in [0.2, 0.25) is 0 Å². The summed E-state index contributed by atoms with van der Waals surface area (Å²) in [4.78, 5) is 0. The zero-order valence-electron chi connectivity index (χ0n) is 12.7. The predicted octanol–water partition coefficient (Wildman–Crippen LogP) is 4.10. The Hall–Kier alpha value is -2.46.